The van der Waals surface area contributed by atoms with Crippen LogP contribution in [0, 0.1) is 0 Å². The molecule has 3 heteroatoms. The van der Waals surface area contributed by atoms with Crippen molar-refractivity contribution in [2.75, 3.05) is 14.2 Å². The predicted octanol–water partition coefficient (Wildman–Crippen LogP) is 4.92. The number of allylic oxidation sites excluding steroid dienone is 1. The van der Waals surface area contributed by atoms with E-state index in [1.807, 2.05) is 49.5 Å². The van der Waals surface area contributed by atoms with Gasteiger partial charge in [0.2, 0.25) is 0 Å². The highest BCUT2D eigenvalue weighted by atomic mass is 16.5. The zero-order chi connectivity index (χ0) is 16.2. The first-order chi connectivity index (χ1) is 11.3. The quantitative estimate of drug-likeness (QED) is 0.641. The Labute approximate surface area is 136 Å². The highest BCUT2D eigenvalue weighted by Gasteiger charge is 2.10. The van der Waals surface area contributed by atoms with Gasteiger partial charge in [0.1, 0.15) is 11.5 Å². The molecule has 0 radical (unpaired) electrons. The van der Waals surface area contributed by atoms with Gasteiger partial charge >= 0.3 is 0 Å². The van der Waals surface area contributed by atoms with E-state index >= 15 is 0 Å². The van der Waals surface area contributed by atoms with E-state index < -0.39 is 0 Å². The fraction of sp³-hybridized carbons (Fsp3) is 0.150. The zero-order valence-electron chi connectivity index (χ0n) is 13.5. The highest BCUT2D eigenvalue weighted by Crippen LogP contribution is 2.33. The van der Waals surface area contributed by atoms with Crippen molar-refractivity contribution in [3.8, 4) is 16.9 Å². The summed E-state index contributed by atoms with van der Waals surface area (Å²) < 4.78 is 10.8. The molecule has 0 amide bonds. The molecule has 3 nitrogen and oxygen atoms in total. The smallest absolute Gasteiger partial charge is 0.123 e. The third-order valence-corrected chi connectivity index (χ3v) is 3.86. The lowest BCUT2D eigenvalue weighted by Crippen LogP contribution is -1.93. The lowest BCUT2D eigenvalue weighted by Gasteiger charge is -2.12. The van der Waals surface area contributed by atoms with Gasteiger partial charge in [-0.05, 0) is 36.3 Å². The number of hydrogen-bond acceptors (Lipinski definition) is 3. The van der Waals surface area contributed by atoms with E-state index in [9.17, 15) is 0 Å². The fourth-order valence-electron chi connectivity index (χ4n) is 2.71. The van der Waals surface area contributed by atoms with Gasteiger partial charge in [0.25, 0.3) is 0 Å². The monoisotopic (exact) mass is 305 g/mol. The number of benzene rings is 2. The highest BCUT2D eigenvalue weighted by molar-refractivity contribution is 5.97. The Morgan fingerprint density at radius 2 is 1.83 bits per heavy atom. The lowest BCUT2D eigenvalue weighted by molar-refractivity contribution is 0.369. The third-order valence-electron chi connectivity index (χ3n) is 3.86. The molecule has 23 heavy (non-hydrogen) atoms. The van der Waals surface area contributed by atoms with Gasteiger partial charge in [-0.2, -0.15) is 0 Å². The van der Waals surface area contributed by atoms with E-state index in [0.29, 0.717) is 0 Å². The van der Waals surface area contributed by atoms with Crippen LogP contribution in [-0.2, 0) is 4.74 Å². The van der Waals surface area contributed by atoms with Gasteiger partial charge < -0.3 is 9.47 Å². The molecular weight excluding hydrogens is 286 g/mol. The molecule has 0 aliphatic heterocycles. The molecule has 3 aromatic rings. The van der Waals surface area contributed by atoms with Crippen molar-refractivity contribution in [3.05, 3.63) is 66.4 Å². The first-order valence-corrected chi connectivity index (χ1v) is 7.50. The standard InChI is InChI=1S/C20H19NO2/c1-4-20(23-3)15-10-18-17(14-8-6-5-7-9-14)11-16(22-2)12-19(18)21-13-15/h4-13H,1-3H3/b20-4-. The average molecular weight is 305 g/mol. The predicted molar refractivity (Wildman–Crippen MR) is 94.4 cm³/mol. The van der Waals surface area contributed by atoms with Gasteiger partial charge in [0, 0.05) is 23.2 Å². The number of nitrogens with zero attached hydrogens (tertiary/aromatic N) is 1. The van der Waals surface area contributed by atoms with Crippen LogP contribution < -0.4 is 4.74 Å². The molecule has 0 unspecified atom stereocenters. The molecule has 1 heterocycles. The second-order valence-corrected chi connectivity index (χ2v) is 5.19. The van der Waals surface area contributed by atoms with Crippen LogP contribution in [0.4, 0.5) is 0 Å². The van der Waals surface area contributed by atoms with Crippen molar-refractivity contribution >= 4 is 16.7 Å². The van der Waals surface area contributed by atoms with E-state index in [4.69, 9.17) is 9.47 Å². The number of pyridine rings is 1. The summed E-state index contributed by atoms with van der Waals surface area (Å²) in [6.07, 6.45) is 3.77. The van der Waals surface area contributed by atoms with Crippen LogP contribution in [0.1, 0.15) is 12.5 Å². The Balaban J connectivity index is 2.29. The molecule has 0 fully saturated rings. The zero-order valence-corrected chi connectivity index (χ0v) is 13.5. The van der Waals surface area contributed by atoms with Gasteiger partial charge in [0.15, 0.2) is 0 Å². The van der Waals surface area contributed by atoms with Crippen LogP contribution >= 0.6 is 0 Å². The number of ether oxygens (including phenoxy) is 2. The van der Waals surface area contributed by atoms with Crippen LogP contribution in [-0.4, -0.2) is 19.2 Å². The maximum absolute atomic E-state index is 5.43. The van der Waals surface area contributed by atoms with Gasteiger partial charge in [0.05, 0.1) is 19.7 Å². The summed E-state index contributed by atoms with van der Waals surface area (Å²) >= 11 is 0. The van der Waals surface area contributed by atoms with Crippen molar-refractivity contribution in [1.29, 1.82) is 0 Å². The van der Waals surface area contributed by atoms with Crippen LogP contribution in [0.15, 0.2) is 60.8 Å². The minimum atomic E-state index is 0.801. The van der Waals surface area contributed by atoms with Gasteiger partial charge in [-0.25, -0.2) is 0 Å². The van der Waals surface area contributed by atoms with Gasteiger partial charge in [-0.1, -0.05) is 30.3 Å². The second-order valence-electron chi connectivity index (χ2n) is 5.19. The molecule has 0 aliphatic carbocycles. The second kappa shape index (κ2) is 6.53. The van der Waals surface area contributed by atoms with Crippen LogP contribution in [0.25, 0.3) is 27.8 Å². The van der Waals surface area contributed by atoms with Gasteiger partial charge in [-0.3, -0.25) is 4.98 Å². The molecule has 116 valence electrons. The number of aromatic nitrogens is 1. The number of rotatable bonds is 4. The number of methoxy groups -OCH3 is 2. The third kappa shape index (κ3) is 2.90. The molecule has 0 saturated carbocycles. The molecule has 2 aromatic carbocycles. The number of fused-ring (bicyclic) bond motifs is 1. The Hall–Kier alpha value is -2.81. The average Bonchev–Trinajstić information content (AvgIpc) is 2.62. The van der Waals surface area contributed by atoms with Crippen molar-refractivity contribution in [3.63, 3.8) is 0 Å². The topological polar surface area (TPSA) is 31.4 Å². The summed E-state index contributed by atoms with van der Waals surface area (Å²) in [5.74, 6) is 1.61. The molecule has 1 aromatic heterocycles. The van der Waals surface area contributed by atoms with Crippen molar-refractivity contribution in [2.24, 2.45) is 0 Å². The van der Waals surface area contributed by atoms with E-state index in [2.05, 4.69) is 23.2 Å². The molecule has 3 rings (SSSR count). The van der Waals surface area contributed by atoms with Crippen LogP contribution in [0.5, 0.6) is 5.75 Å². The van der Waals surface area contributed by atoms with Crippen molar-refractivity contribution < 1.29 is 9.47 Å². The van der Waals surface area contributed by atoms with Crippen LogP contribution in [0.2, 0.25) is 0 Å². The molecule has 0 bridgehead atoms. The van der Waals surface area contributed by atoms with Crippen molar-refractivity contribution in [2.45, 2.75) is 6.92 Å². The maximum atomic E-state index is 5.43. The maximum Gasteiger partial charge on any atom is 0.123 e. The summed E-state index contributed by atoms with van der Waals surface area (Å²) in [6, 6.07) is 16.4. The normalized spacial score (nSPS) is 11.5. The molecule has 0 spiro atoms. The summed E-state index contributed by atoms with van der Waals surface area (Å²) in [5.41, 5.74) is 4.10. The Morgan fingerprint density at radius 1 is 1.04 bits per heavy atom. The van der Waals surface area contributed by atoms with Gasteiger partial charge in [-0.15, -0.1) is 0 Å². The summed E-state index contributed by atoms with van der Waals surface area (Å²) in [5, 5.41) is 1.07. The minimum absolute atomic E-state index is 0.801. The fourth-order valence-corrected chi connectivity index (χ4v) is 2.71. The minimum Gasteiger partial charge on any atom is -0.497 e. The van der Waals surface area contributed by atoms with E-state index in [1.165, 1.54) is 0 Å². The first kappa shape index (κ1) is 15.1. The van der Waals surface area contributed by atoms with E-state index in [-0.39, 0.29) is 0 Å². The summed E-state index contributed by atoms with van der Waals surface area (Å²) in [7, 11) is 3.35. The number of hydrogen-bond donors (Lipinski definition) is 0. The molecule has 0 N–H and O–H groups in total. The van der Waals surface area contributed by atoms with Crippen LogP contribution in [0.3, 0.4) is 0 Å². The summed E-state index contributed by atoms with van der Waals surface area (Å²) in [6.45, 7) is 1.95. The van der Waals surface area contributed by atoms with E-state index in [1.54, 1.807) is 14.2 Å². The largest absolute Gasteiger partial charge is 0.497 e. The summed E-state index contributed by atoms with van der Waals surface area (Å²) in [4.78, 5) is 4.59. The Morgan fingerprint density at radius 3 is 2.48 bits per heavy atom. The molecule has 0 atom stereocenters. The SMILES string of the molecule is C/C=C(\OC)c1cnc2cc(OC)cc(-c3ccccc3)c2c1. The Bertz CT molecular complexity index is 854. The lowest BCUT2D eigenvalue weighted by atomic mass is 9.99. The molecule has 0 aliphatic rings. The molecule has 0 saturated heterocycles. The van der Waals surface area contributed by atoms with E-state index in [0.717, 1.165) is 39.1 Å². The first-order valence-electron chi connectivity index (χ1n) is 7.50. The molecular formula is C20H19NO2. The Kier molecular flexibility index (Phi) is 4.29. The van der Waals surface area contributed by atoms with Crippen molar-refractivity contribution in [1.82, 2.24) is 4.98 Å².